The van der Waals surface area contributed by atoms with Crippen molar-refractivity contribution in [2.45, 2.75) is 152 Å². The van der Waals surface area contributed by atoms with Crippen LogP contribution in [-0.2, 0) is 98.9 Å². The van der Waals surface area contributed by atoms with Gasteiger partial charge in [0.25, 0.3) is 0 Å². The van der Waals surface area contributed by atoms with E-state index in [1.54, 1.807) is 0 Å². The fourth-order valence-electron chi connectivity index (χ4n) is 12.2. The molecule has 11 N–H and O–H groups in total. The molecular formula is C32H58CuN8O12S4-4. The van der Waals surface area contributed by atoms with Gasteiger partial charge in [-0.05, 0) is 92.8 Å². The molecule has 17 unspecified atom stereocenters. The summed E-state index contributed by atoms with van der Waals surface area (Å²) in [6.07, 6.45) is 20.0. The molecule has 1 radical (unpaired) electrons. The van der Waals surface area contributed by atoms with E-state index in [1.807, 2.05) is 0 Å². The summed E-state index contributed by atoms with van der Waals surface area (Å²) in [6, 6.07) is 0. The summed E-state index contributed by atoms with van der Waals surface area (Å²) in [5.74, 6) is 4.16. The number of hydrogen-bond acceptors (Lipinski definition) is 21. The molecule has 57 heavy (non-hydrogen) atoms. The fourth-order valence-corrected chi connectivity index (χ4v) is 12.6. The van der Waals surface area contributed by atoms with Crippen LogP contribution < -0.4 is 42.5 Å². The minimum Gasteiger partial charge on any atom is -0.439 e. The summed E-state index contributed by atoms with van der Waals surface area (Å²) in [4.78, 5) is 0. The van der Waals surface area contributed by atoms with Gasteiger partial charge >= 0.3 is 0 Å². The molecular weight excluding hydrogens is 880 g/mol. The number of nitrogens with one attached hydrogen (secondary N) is 8. The Morgan fingerprint density at radius 2 is 0.579 bits per heavy atom. The molecule has 9 aliphatic rings. The van der Waals surface area contributed by atoms with E-state index >= 15 is 0 Å². The SMILES string of the molecule is O=[S-](=O)O.O=[S-](=O)O.O=[S-](=O)O.O=[S-](=O)OC1CCCC2C3NC4NC(NC5NC(NC6NC(NC(N3)C12)C1CCCCC61)C1CCCCC51)C1CCCCC41.[Cu]. The van der Waals surface area contributed by atoms with Crippen LogP contribution in [0, 0.1) is 47.3 Å². The first-order valence-electron chi connectivity index (χ1n) is 20.0. The largest absolute Gasteiger partial charge is 0.439 e. The third kappa shape index (κ3) is 12.3. The molecule has 0 amide bonds. The Hall–Kier alpha value is -0.161. The van der Waals surface area contributed by atoms with Crippen LogP contribution >= 0.6 is 0 Å². The van der Waals surface area contributed by atoms with E-state index in [0.717, 1.165) is 19.3 Å². The van der Waals surface area contributed by atoms with Gasteiger partial charge in [-0.25, -0.2) is 0 Å². The first-order chi connectivity index (χ1) is 26.8. The van der Waals surface area contributed by atoms with Crippen molar-refractivity contribution in [3.05, 3.63) is 0 Å². The number of fused-ring (bicyclic) bond motifs is 20. The van der Waals surface area contributed by atoms with Gasteiger partial charge in [0.1, 0.15) is 0 Å². The second kappa shape index (κ2) is 22.3. The van der Waals surface area contributed by atoms with Crippen LogP contribution in [-0.4, -0.2) is 69.1 Å². The molecule has 5 saturated heterocycles. The monoisotopic (exact) mass is 937 g/mol. The van der Waals surface area contributed by atoms with Crippen LogP contribution in [0.2, 0.25) is 0 Å². The summed E-state index contributed by atoms with van der Waals surface area (Å²) in [7, 11) is -11.1. The van der Waals surface area contributed by atoms with Gasteiger partial charge in [-0.15, -0.1) is 0 Å². The van der Waals surface area contributed by atoms with Crippen LogP contribution in [0.4, 0.5) is 0 Å². The molecule has 9 fully saturated rings. The van der Waals surface area contributed by atoms with Crippen LogP contribution in [0.25, 0.3) is 0 Å². The molecule has 5 heterocycles. The van der Waals surface area contributed by atoms with Gasteiger partial charge in [0, 0.05) is 62.0 Å². The van der Waals surface area contributed by atoms with Crippen LogP contribution in [0.15, 0.2) is 0 Å². The second-order valence-electron chi connectivity index (χ2n) is 16.7. The molecule has 0 spiro atoms. The van der Waals surface area contributed by atoms with E-state index in [0.29, 0.717) is 59.9 Å². The minimum atomic E-state index is -2.86. The molecule has 8 bridgehead atoms. The molecule has 25 heteroatoms. The van der Waals surface area contributed by atoms with Crippen molar-refractivity contribution in [2.75, 3.05) is 0 Å². The van der Waals surface area contributed by atoms with Crippen LogP contribution in [0.3, 0.4) is 0 Å². The quantitative estimate of drug-likeness (QED) is 0.0800. The van der Waals surface area contributed by atoms with Crippen LogP contribution in [0.5, 0.6) is 0 Å². The average Bonchev–Trinajstić information content (AvgIpc) is 3.87. The van der Waals surface area contributed by atoms with Crippen molar-refractivity contribution in [2.24, 2.45) is 47.3 Å². The van der Waals surface area contributed by atoms with E-state index in [-0.39, 0.29) is 59.9 Å². The Labute approximate surface area is 352 Å². The van der Waals surface area contributed by atoms with E-state index in [2.05, 4.69) is 42.5 Å². The molecule has 9 rings (SSSR count). The first kappa shape index (κ1) is 47.9. The Morgan fingerprint density at radius 1 is 0.351 bits per heavy atom. The predicted molar refractivity (Wildman–Crippen MR) is 200 cm³/mol. The maximum absolute atomic E-state index is 11.8. The molecule has 20 nitrogen and oxygen atoms in total. The van der Waals surface area contributed by atoms with Crippen molar-refractivity contribution in [3.8, 4) is 0 Å². The van der Waals surface area contributed by atoms with Gasteiger partial charge in [0.05, 0.1) is 60.3 Å². The van der Waals surface area contributed by atoms with E-state index in [9.17, 15) is 8.42 Å². The van der Waals surface area contributed by atoms with Crippen molar-refractivity contribution >= 4 is 43.9 Å². The average molecular weight is 939 g/mol. The summed E-state index contributed by atoms with van der Waals surface area (Å²) in [5, 5.41) is 32.9. The van der Waals surface area contributed by atoms with Gasteiger partial charge in [-0.2, -0.15) is 0 Å². The summed E-state index contributed by atoms with van der Waals surface area (Å²) < 4.78 is 102. The normalized spacial score (nSPS) is 44.4. The molecule has 0 aromatic carbocycles. The smallest absolute Gasteiger partial charge is 0.0653 e. The van der Waals surface area contributed by atoms with Gasteiger partial charge in [0.15, 0.2) is 0 Å². The minimum absolute atomic E-state index is 0. The van der Waals surface area contributed by atoms with E-state index < -0.39 is 43.9 Å². The molecule has 0 aromatic rings. The topological polar surface area (TPSA) is 303 Å². The van der Waals surface area contributed by atoms with Crippen molar-refractivity contribution in [3.63, 3.8) is 0 Å². The number of rotatable bonds is 2. The third-order valence-electron chi connectivity index (χ3n) is 14.0. The molecule has 5 aliphatic heterocycles. The zero-order chi connectivity index (χ0) is 40.1. The fraction of sp³-hybridized carbons (Fsp3) is 1.00. The Balaban J connectivity index is 0.000000424. The van der Waals surface area contributed by atoms with Crippen molar-refractivity contribution in [1.82, 2.24) is 42.5 Å². The molecule has 0 aromatic heterocycles. The Bertz CT molecular complexity index is 1550. The summed E-state index contributed by atoms with van der Waals surface area (Å²) >= 11 is 0. The first-order valence-corrected chi connectivity index (χ1v) is 24.1. The van der Waals surface area contributed by atoms with E-state index in [1.165, 1.54) is 77.0 Å². The third-order valence-corrected chi connectivity index (χ3v) is 14.4. The molecule has 4 saturated carbocycles. The molecule has 337 valence electrons. The standard InChI is InChI=1S/C32H55N8O3S.Cu.3HO3S/c41-44(42)43-23-15-7-14-22-24(23)32-39-30-21-13-6-5-12-20(21)28(37-30)35-26-17-9-2-1-8-16(17)25(33-26)34-27-18-10-3-4-11-19(18)29(36-27)38-31(22)40-32;;3*1-4(2)3/h16-40H,1-15H2;;3*(H,1,2,3)/q-1;;3*-1. The maximum Gasteiger partial charge on any atom is 0.0653 e. The maximum atomic E-state index is 11.8. The predicted octanol–water partition coefficient (Wildman–Crippen LogP) is 1.13. The van der Waals surface area contributed by atoms with Gasteiger partial charge < -0.3 is 51.5 Å². The summed E-state index contributed by atoms with van der Waals surface area (Å²) in [6.45, 7) is 0. The van der Waals surface area contributed by atoms with Gasteiger partial charge in [-0.3, -0.25) is 42.5 Å². The summed E-state index contributed by atoms with van der Waals surface area (Å²) in [5.41, 5.74) is 0. The van der Waals surface area contributed by atoms with Gasteiger partial charge in [-0.1, -0.05) is 44.9 Å². The number of hydrogen-bond donors (Lipinski definition) is 11. The molecule has 4 aliphatic carbocycles. The van der Waals surface area contributed by atoms with Crippen molar-refractivity contribution < 1.29 is 68.6 Å². The van der Waals surface area contributed by atoms with Crippen LogP contribution in [0.1, 0.15) is 96.3 Å². The second-order valence-corrected chi connectivity index (χ2v) is 18.6. The Morgan fingerprint density at radius 3 is 0.842 bits per heavy atom. The Kier molecular flexibility index (Phi) is 18.7. The van der Waals surface area contributed by atoms with Gasteiger partial charge in [0.2, 0.25) is 0 Å². The van der Waals surface area contributed by atoms with Crippen molar-refractivity contribution in [1.29, 1.82) is 0 Å². The zero-order valence-electron chi connectivity index (χ0n) is 31.4. The zero-order valence-corrected chi connectivity index (χ0v) is 35.6. The molecule has 17 atom stereocenters. The van der Waals surface area contributed by atoms with E-state index in [4.69, 9.17) is 43.1 Å².